The highest BCUT2D eigenvalue weighted by Gasteiger charge is 2.55. The van der Waals surface area contributed by atoms with Gasteiger partial charge in [-0.3, -0.25) is 0 Å². The molecule has 2 saturated carbocycles. The van der Waals surface area contributed by atoms with Crippen molar-refractivity contribution in [2.75, 3.05) is 6.61 Å². The molecule has 0 aliphatic heterocycles. The third-order valence-electron chi connectivity index (χ3n) is 7.44. The summed E-state index contributed by atoms with van der Waals surface area (Å²) in [4.78, 5) is 0. The highest BCUT2D eigenvalue weighted by atomic mass is 16.5. The van der Waals surface area contributed by atoms with E-state index >= 15 is 0 Å². The van der Waals surface area contributed by atoms with Crippen molar-refractivity contribution in [2.45, 2.75) is 77.2 Å². The molecule has 3 aliphatic rings. The van der Waals surface area contributed by atoms with Gasteiger partial charge in [0, 0.05) is 6.61 Å². The van der Waals surface area contributed by atoms with E-state index in [0.29, 0.717) is 23.2 Å². The Balaban J connectivity index is 1.54. The topological polar surface area (TPSA) is 29.5 Å². The van der Waals surface area contributed by atoms with Crippen LogP contribution in [0.1, 0.15) is 75.8 Å². The molecule has 3 aliphatic carbocycles. The van der Waals surface area contributed by atoms with Gasteiger partial charge in [0.2, 0.25) is 0 Å². The summed E-state index contributed by atoms with van der Waals surface area (Å²) in [5.74, 6) is 2.78. The first-order valence-corrected chi connectivity index (χ1v) is 10.1. The van der Waals surface area contributed by atoms with Gasteiger partial charge < -0.3 is 9.84 Å². The molecule has 1 aromatic rings. The lowest BCUT2D eigenvalue weighted by molar-refractivity contribution is -0.0644. The van der Waals surface area contributed by atoms with Crippen LogP contribution in [0, 0.1) is 17.3 Å². The predicted molar refractivity (Wildman–Crippen MR) is 97.4 cm³/mol. The highest BCUT2D eigenvalue weighted by molar-refractivity contribution is 5.40. The van der Waals surface area contributed by atoms with Gasteiger partial charge in [-0.25, -0.2) is 0 Å². The molecule has 2 heteroatoms. The van der Waals surface area contributed by atoms with Crippen LogP contribution in [0.15, 0.2) is 18.2 Å². The number of phenols is 1. The van der Waals surface area contributed by atoms with Crippen LogP contribution in [0.25, 0.3) is 0 Å². The molecule has 0 aromatic heterocycles. The van der Waals surface area contributed by atoms with E-state index in [1.165, 1.54) is 56.1 Å². The smallest absolute Gasteiger partial charge is 0.115 e. The van der Waals surface area contributed by atoms with Gasteiger partial charge in [0.05, 0.1) is 6.10 Å². The van der Waals surface area contributed by atoms with Crippen LogP contribution in [0.4, 0.5) is 0 Å². The molecule has 0 amide bonds. The van der Waals surface area contributed by atoms with Crippen LogP contribution in [0.5, 0.6) is 5.75 Å². The minimum absolute atomic E-state index is 0.392. The Bertz CT molecular complexity index is 596. The fourth-order valence-electron chi connectivity index (χ4n) is 6.16. The van der Waals surface area contributed by atoms with Crippen molar-refractivity contribution in [3.8, 4) is 5.75 Å². The predicted octanol–water partition coefficient (Wildman–Crippen LogP) is 5.43. The Morgan fingerprint density at radius 1 is 1.21 bits per heavy atom. The molecule has 4 rings (SSSR count). The molecule has 5 unspecified atom stereocenters. The monoisotopic (exact) mass is 328 g/mol. The van der Waals surface area contributed by atoms with Crippen molar-refractivity contribution >= 4 is 0 Å². The largest absolute Gasteiger partial charge is 0.508 e. The zero-order valence-corrected chi connectivity index (χ0v) is 15.3. The second kappa shape index (κ2) is 6.37. The van der Waals surface area contributed by atoms with Crippen LogP contribution < -0.4 is 0 Å². The summed E-state index contributed by atoms with van der Waals surface area (Å²) in [6.07, 6.45) is 10.5. The van der Waals surface area contributed by atoms with Gasteiger partial charge in [-0.15, -0.1) is 0 Å². The number of aryl methyl sites for hydroxylation is 1. The first kappa shape index (κ1) is 16.4. The van der Waals surface area contributed by atoms with Crippen LogP contribution in [0.3, 0.4) is 0 Å². The molecular weight excluding hydrogens is 296 g/mol. The molecule has 1 aromatic carbocycles. The summed E-state index contributed by atoms with van der Waals surface area (Å²) in [6.45, 7) is 5.70. The molecule has 0 bridgehead atoms. The van der Waals surface area contributed by atoms with Gasteiger partial charge >= 0.3 is 0 Å². The summed E-state index contributed by atoms with van der Waals surface area (Å²) < 4.78 is 6.35. The first-order valence-electron chi connectivity index (χ1n) is 10.1. The van der Waals surface area contributed by atoms with Crippen molar-refractivity contribution in [2.24, 2.45) is 17.3 Å². The van der Waals surface area contributed by atoms with Crippen molar-refractivity contribution in [3.63, 3.8) is 0 Å². The molecule has 2 fully saturated rings. The molecule has 24 heavy (non-hydrogen) atoms. The first-order chi connectivity index (χ1) is 11.6. The summed E-state index contributed by atoms with van der Waals surface area (Å²) in [5.41, 5.74) is 3.32. The third-order valence-corrected chi connectivity index (χ3v) is 7.44. The van der Waals surface area contributed by atoms with Crippen molar-refractivity contribution in [1.82, 2.24) is 0 Å². The number of fused-ring (bicyclic) bond motifs is 5. The number of ether oxygens (including phenoxy) is 1. The number of benzene rings is 1. The van der Waals surface area contributed by atoms with E-state index in [9.17, 15) is 5.11 Å². The lowest BCUT2D eigenvalue weighted by atomic mass is 9.55. The summed E-state index contributed by atoms with van der Waals surface area (Å²) in [7, 11) is 0. The quantitative estimate of drug-likeness (QED) is 0.746. The minimum Gasteiger partial charge on any atom is -0.508 e. The molecule has 2 nitrogen and oxygen atoms in total. The van der Waals surface area contributed by atoms with Gasteiger partial charge in [-0.05, 0) is 91.4 Å². The van der Waals surface area contributed by atoms with Crippen molar-refractivity contribution in [1.29, 1.82) is 0 Å². The Labute approximate surface area is 146 Å². The van der Waals surface area contributed by atoms with E-state index in [2.05, 4.69) is 19.9 Å². The fraction of sp³-hybridized carbons (Fsp3) is 0.727. The number of phenolic OH excluding ortho intramolecular Hbond substituents is 1. The van der Waals surface area contributed by atoms with Crippen LogP contribution >= 0.6 is 0 Å². The molecule has 0 heterocycles. The number of hydrogen-bond donors (Lipinski definition) is 1. The van der Waals surface area contributed by atoms with E-state index in [-0.39, 0.29) is 0 Å². The van der Waals surface area contributed by atoms with E-state index < -0.39 is 0 Å². The zero-order chi connectivity index (χ0) is 16.7. The molecule has 5 atom stereocenters. The second-order valence-electron chi connectivity index (χ2n) is 8.63. The van der Waals surface area contributed by atoms with E-state index in [1.54, 1.807) is 0 Å². The Morgan fingerprint density at radius 3 is 2.92 bits per heavy atom. The highest BCUT2D eigenvalue weighted by Crippen LogP contribution is 2.61. The fourth-order valence-corrected chi connectivity index (χ4v) is 6.16. The van der Waals surface area contributed by atoms with Crippen LogP contribution in [-0.2, 0) is 11.2 Å². The average molecular weight is 328 g/mol. The Hall–Kier alpha value is -1.02. The normalized spacial score (nSPS) is 37.6. The number of aromatic hydroxyl groups is 1. The van der Waals surface area contributed by atoms with E-state index in [1.807, 2.05) is 12.1 Å². The summed E-state index contributed by atoms with van der Waals surface area (Å²) >= 11 is 0. The Morgan fingerprint density at radius 2 is 2.08 bits per heavy atom. The van der Waals surface area contributed by atoms with Crippen LogP contribution in [-0.4, -0.2) is 17.8 Å². The van der Waals surface area contributed by atoms with Gasteiger partial charge in [0.25, 0.3) is 0 Å². The van der Waals surface area contributed by atoms with Crippen molar-refractivity contribution in [3.05, 3.63) is 29.3 Å². The number of unbranched alkanes of at least 4 members (excludes halogenated alkanes) is 1. The van der Waals surface area contributed by atoms with Gasteiger partial charge in [0.1, 0.15) is 5.75 Å². The maximum absolute atomic E-state index is 9.80. The molecule has 0 radical (unpaired) electrons. The lowest BCUT2D eigenvalue weighted by Gasteiger charge is -2.50. The minimum atomic E-state index is 0.392. The Kier molecular flexibility index (Phi) is 4.36. The zero-order valence-electron chi connectivity index (χ0n) is 15.3. The van der Waals surface area contributed by atoms with E-state index in [0.717, 1.165) is 24.9 Å². The molecule has 0 spiro atoms. The number of hydrogen-bond acceptors (Lipinski definition) is 2. The molecule has 132 valence electrons. The van der Waals surface area contributed by atoms with E-state index in [4.69, 9.17) is 4.74 Å². The average Bonchev–Trinajstić information content (AvgIpc) is 2.91. The summed E-state index contributed by atoms with van der Waals surface area (Å²) in [6, 6.07) is 6.10. The van der Waals surface area contributed by atoms with Gasteiger partial charge in [-0.2, -0.15) is 0 Å². The maximum Gasteiger partial charge on any atom is 0.115 e. The maximum atomic E-state index is 9.80. The van der Waals surface area contributed by atoms with Gasteiger partial charge in [-0.1, -0.05) is 26.3 Å². The molecule has 0 saturated heterocycles. The number of rotatable bonds is 4. The lowest BCUT2D eigenvalue weighted by Crippen LogP contribution is -2.44. The molecule has 1 N–H and O–H groups in total. The SMILES string of the molecule is CCCCOC1CCC2C3CCc4cc(O)ccc4C3CCC12C. The third kappa shape index (κ3) is 2.58. The van der Waals surface area contributed by atoms with Crippen LogP contribution in [0.2, 0.25) is 0 Å². The van der Waals surface area contributed by atoms with Crippen molar-refractivity contribution < 1.29 is 9.84 Å². The standard InChI is InChI=1S/C22H32O2/c1-3-4-13-24-21-10-9-20-19-7-5-15-14-16(23)6-8-17(15)18(19)11-12-22(20,21)2/h6,8,14,18-21,23H,3-5,7,9-13H2,1-2H3. The van der Waals surface area contributed by atoms with Gasteiger partial charge in [0.15, 0.2) is 0 Å². The molecular formula is C22H32O2. The second-order valence-corrected chi connectivity index (χ2v) is 8.63. The summed E-state index contributed by atoms with van der Waals surface area (Å²) in [5, 5.41) is 9.80.